The van der Waals surface area contributed by atoms with Gasteiger partial charge >= 0.3 is 0 Å². The molecule has 0 rings (SSSR count). The molecular weight excluding hydrogens is 240 g/mol. The minimum Gasteiger partial charge on any atom is -0.396 e. The highest BCUT2D eigenvalue weighted by Gasteiger charge is 2.49. The molecule has 0 amide bonds. The van der Waals surface area contributed by atoms with Crippen LogP contribution in [0.15, 0.2) is 0 Å². The minimum absolute atomic E-state index is 0.385. The lowest BCUT2D eigenvalue weighted by Crippen LogP contribution is -2.54. The fourth-order valence-corrected chi connectivity index (χ4v) is 2.62. The van der Waals surface area contributed by atoms with E-state index in [0.717, 1.165) is 0 Å². The van der Waals surface area contributed by atoms with Crippen LogP contribution in [0.4, 0.5) is 0 Å². The Morgan fingerprint density at radius 2 is 1.11 bits per heavy atom. The highest BCUT2D eigenvalue weighted by atomic mass is 16.3. The van der Waals surface area contributed by atoms with Crippen LogP contribution >= 0.6 is 0 Å². The molecule has 0 aromatic carbocycles. The van der Waals surface area contributed by atoms with Gasteiger partial charge < -0.3 is 30.6 Å². The SMILES string of the molecule is CCCC(CO)(CO)C(CO)C(CO)(CO)CO. The molecule has 0 bridgehead atoms. The highest BCUT2D eigenvalue weighted by molar-refractivity contribution is 4.96. The average Bonchev–Trinajstić information content (AvgIpc) is 2.43. The first-order chi connectivity index (χ1) is 8.56. The van der Waals surface area contributed by atoms with Gasteiger partial charge in [-0.3, -0.25) is 0 Å². The fraction of sp³-hybridized carbons (Fsp3) is 1.00. The van der Waals surface area contributed by atoms with Gasteiger partial charge in [-0.25, -0.2) is 0 Å². The van der Waals surface area contributed by atoms with Crippen molar-refractivity contribution in [3.63, 3.8) is 0 Å². The maximum absolute atomic E-state index is 9.54. The predicted molar refractivity (Wildman–Crippen MR) is 65.8 cm³/mol. The Bertz CT molecular complexity index is 204. The summed E-state index contributed by atoms with van der Waals surface area (Å²) in [6, 6.07) is 0. The Hall–Kier alpha value is -0.240. The lowest BCUT2D eigenvalue weighted by Gasteiger charge is -2.46. The highest BCUT2D eigenvalue weighted by Crippen LogP contribution is 2.43. The first kappa shape index (κ1) is 17.8. The summed E-state index contributed by atoms with van der Waals surface area (Å²) in [5.74, 6) is -0.792. The molecule has 0 aromatic heterocycles. The fourth-order valence-electron chi connectivity index (χ4n) is 2.62. The monoisotopic (exact) mass is 266 g/mol. The van der Waals surface area contributed by atoms with E-state index in [1.807, 2.05) is 6.92 Å². The van der Waals surface area contributed by atoms with Crippen molar-refractivity contribution in [1.29, 1.82) is 0 Å². The summed E-state index contributed by atoms with van der Waals surface area (Å²) in [7, 11) is 0. The van der Waals surface area contributed by atoms with Gasteiger partial charge in [-0.1, -0.05) is 13.3 Å². The second kappa shape index (κ2) is 8.04. The molecule has 6 heteroatoms. The quantitative estimate of drug-likeness (QED) is 0.281. The molecule has 18 heavy (non-hydrogen) atoms. The van der Waals surface area contributed by atoms with Gasteiger partial charge in [0.05, 0.1) is 33.0 Å². The van der Waals surface area contributed by atoms with Crippen LogP contribution in [0.3, 0.4) is 0 Å². The van der Waals surface area contributed by atoms with Crippen molar-refractivity contribution in [1.82, 2.24) is 0 Å². The third kappa shape index (κ3) is 3.20. The topological polar surface area (TPSA) is 121 Å². The average molecular weight is 266 g/mol. The largest absolute Gasteiger partial charge is 0.396 e. The Labute approximate surface area is 108 Å². The molecule has 6 nitrogen and oxygen atoms in total. The standard InChI is InChI=1S/C12H26O6/c1-2-3-11(5-14,6-15)10(4-13)12(7-16,8-17)9-18/h10,13-18H,2-9H2,1H3. The summed E-state index contributed by atoms with van der Waals surface area (Å²) in [6.07, 6.45) is 1.09. The van der Waals surface area contributed by atoms with Gasteiger partial charge in [-0.2, -0.15) is 0 Å². The van der Waals surface area contributed by atoms with E-state index in [0.29, 0.717) is 12.8 Å². The molecule has 0 aliphatic heterocycles. The van der Waals surface area contributed by atoms with Gasteiger partial charge in [0, 0.05) is 23.4 Å². The maximum Gasteiger partial charge on any atom is 0.0535 e. The molecule has 0 aliphatic rings. The second-order valence-electron chi connectivity index (χ2n) is 5.00. The smallest absolute Gasteiger partial charge is 0.0535 e. The molecule has 1 atom stereocenters. The number of hydrogen-bond acceptors (Lipinski definition) is 6. The third-order valence-corrected chi connectivity index (χ3v) is 3.98. The van der Waals surface area contributed by atoms with E-state index in [4.69, 9.17) is 0 Å². The van der Waals surface area contributed by atoms with Crippen molar-refractivity contribution < 1.29 is 30.6 Å². The Morgan fingerprint density at radius 3 is 1.33 bits per heavy atom. The van der Waals surface area contributed by atoms with Crippen LogP contribution in [0.5, 0.6) is 0 Å². The van der Waals surface area contributed by atoms with Crippen LogP contribution in [-0.4, -0.2) is 70.3 Å². The number of rotatable bonds is 10. The summed E-state index contributed by atoms with van der Waals surface area (Å²) in [5, 5.41) is 56.8. The van der Waals surface area contributed by atoms with Gasteiger partial charge in [0.15, 0.2) is 0 Å². The molecule has 110 valence electrons. The molecule has 0 spiro atoms. The molecule has 0 saturated carbocycles. The zero-order valence-electron chi connectivity index (χ0n) is 10.9. The summed E-state index contributed by atoms with van der Waals surface area (Å²) in [6.45, 7) is -0.936. The Morgan fingerprint density at radius 1 is 0.722 bits per heavy atom. The predicted octanol–water partition coefficient (Wildman–Crippen LogP) is -1.67. The van der Waals surface area contributed by atoms with Gasteiger partial charge in [0.25, 0.3) is 0 Å². The second-order valence-corrected chi connectivity index (χ2v) is 5.00. The normalized spacial score (nSPS) is 14.8. The van der Waals surface area contributed by atoms with Crippen molar-refractivity contribution >= 4 is 0 Å². The van der Waals surface area contributed by atoms with Gasteiger partial charge in [0.2, 0.25) is 0 Å². The van der Waals surface area contributed by atoms with Gasteiger partial charge in [-0.05, 0) is 6.42 Å². The number of aliphatic hydroxyl groups excluding tert-OH is 6. The van der Waals surface area contributed by atoms with Crippen LogP contribution < -0.4 is 0 Å². The number of aliphatic hydroxyl groups is 6. The van der Waals surface area contributed by atoms with Gasteiger partial charge in [-0.15, -0.1) is 0 Å². The van der Waals surface area contributed by atoms with Crippen molar-refractivity contribution in [3.8, 4) is 0 Å². The summed E-state index contributed by atoms with van der Waals surface area (Å²) >= 11 is 0. The Balaban J connectivity index is 5.45. The van der Waals surface area contributed by atoms with E-state index in [1.54, 1.807) is 0 Å². The van der Waals surface area contributed by atoms with Crippen LogP contribution in [0.2, 0.25) is 0 Å². The lowest BCUT2D eigenvalue weighted by molar-refractivity contribution is -0.135. The van der Waals surface area contributed by atoms with Crippen molar-refractivity contribution in [2.75, 3.05) is 39.6 Å². The van der Waals surface area contributed by atoms with Crippen LogP contribution in [0.25, 0.3) is 0 Å². The van der Waals surface area contributed by atoms with E-state index in [2.05, 4.69) is 0 Å². The molecule has 0 aliphatic carbocycles. The summed E-state index contributed by atoms with van der Waals surface area (Å²) < 4.78 is 0. The van der Waals surface area contributed by atoms with Crippen molar-refractivity contribution in [2.24, 2.45) is 16.7 Å². The molecule has 0 fully saturated rings. The summed E-state index contributed by atoms with van der Waals surface area (Å²) in [5.41, 5.74) is -2.35. The molecule has 0 aromatic rings. The zero-order chi connectivity index (χ0) is 14.2. The first-order valence-corrected chi connectivity index (χ1v) is 6.21. The van der Waals surface area contributed by atoms with Crippen LogP contribution in [0, 0.1) is 16.7 Å². The lowest BCUT2D eigenvalue weighted by atomic mass is 9.61. The van der Waals surface area contributed by atoms with Crippen LogP contribution in [-0.2, 0) is 0 Å². The van der Waals surface area contributed by atoms with E-state index in [-0.39, 0.29) is 13.2 Å². The molecule has 0 heterocycles. The van der Waals surface area contributed by atoms with E-state index in [1.165, 1.54) is 0 Å². The minimum atomic E-state index is -1.32. The van der Waals surface area contributed by atoms with E-state index in [9.17, 15) is 30.6 Å². The Kier molecular flexibility index (Phi) is 7.93. The zero-order valence-corrected chi connectivity index (χ0v) is 10.9. The van der Waals surface area contributed by atoms with Gasteiger partial charge in [0.1, 0.15) is 0 Å². The van der Waals surface area contributed by atoms with E-state index >= 15 is 0 Å². The van der Waals surface area contributed by atoms with Crippen molar-refractivity contribution in [3.05, 3.63) is 0 Å². The molecule has 1 unspecified atom stereocenters. The van der Waals surface area contributed by atoms with Crippen LogP contribution in [0.1, 0.15) is 19.8 Å². The molecule has 0 radical (unpaired) electrons. The summed E-state index contributed by atoms with van der Waals surface area (Å²) in [4.78, 5) is 0. The first-order valence-electron chi connectivity index (χ1n) is 6.21. The van der Waals surface area contributed by atoms with Crippen molar-refractivity contribution in [2.45, 2.75) is 19.8 Å². The van der Waals surface area contributed by atoms with E-state index < -0.39 is 43.2 Å². The molecule has 6 N–H and O–H groups in total. The third-order valence-electron chi connectivity index (χ3n) is 3.98. The molecular formula is C12H26O6. The molecule has 0 saturated heterocycles. The number of hydrogen-bond donors (Lipinski definition) is 6. The maximum atomic E-state index is 9.54.